The van der Waals surface area contributed by atoms with Crippen molar-refractivity contribution in [3.63, 3.8) is 0 Å². The molecule has 0 amide bonds. The molecule has 2 nitrogen and oxygen atoms in total. The zero-order chi connectivity index (χ0) is 12.0. The van der Waals surface area contributed by atoms with Crippen molar-refractivity contribution in [1.82, 2.24) is 5.32 Å². The fourth-order valence-electron chi connectivity index (χ4n) is 2.71. The Labute approximate surface area is 96.8 Å². The Balaban J connectivity index is 2.09. The molecule has 0 spiro atoms. The van der Waals surface area contributed by atoms with Crippen LogP contribution in [0.2, 0.25) is 0 Å². The number of hydrogen-bond donors (Lipinski definition) is 1. The Morgan fingerprint density at radius 2 is 2.06 bits per heavy atom. The summed E-state index contributed by atoms with van der Waals surface area (Å²) in [4.78, 5) is 0. The van der Waals surface area contributed by atoms with Crippen molar-refractivity contribution in [2.45, 2.75) is 24.8 Å². The first kappa shape index (κ1) is 11.0. The van der Waals surface area contributed by atoms with E-state index in [1.807, 2.05) is 0 Å². The van der Waals surface area contributed by atoms with E-state index in [0.717, 1.165) is 18.2 Å². The minimum Gasteiger partial charge on any atom is -0.372 e. The summed E-state index contributed by atoms with van der Waals surface area (Å²) in [7, 11) is 0. The highest BCUT2D eigenvalue weighted by Gasteiger charge is 2.40. The Hall–Kier alpha value is -1.07. The van der Waals surface area contributed by atoms with Gasteiger partial charge in [0, 0.05) is 19.0 Å². The third-order valence-corrected chi connectivity index (χ3v) is 3.52. The lowest BCUT2D eigenvalue weighted by Crippen LogP contribution is -2.28. The van der Waals surface area contributed by atoms with Gasteiger partial charge < -0.3 is 10.1 Å². The van der Waals surface area contributed by atoms with Crippen LogP contribution in [-0.4, -0.2) is 19.2 Å². The summed E-state index contributed by atoms with van der Waals surface area (Å²) in [6.07, 6.45) is -4.28. The normalized spacial score (nSPS) is 27.7. The van der Waals surface area contributed by atoms with Gasteiger partial charge in [-0.1, -0.05) is 12.1 Å². The van der Waals surface area contributed by atoms with Gasteiger partial charge in [0.15, 0.2) is 0 Å². The molecular weight excluding hydrogens is 231 g/mol. The van der Waals surface area contributed by atoms with E-state index >= 15 is 0 Å². The second kappa shape index (κ2) is 3.71. The van der Waals surface area contributed by atoms with Crippen molar-refractivity contribution in [3.05, 3.63) is 34.9 Å². The van der Waals surface area contributed by atoms with E-state index in [0.29, 0.717) is 12.1 Å². The van der Waals surface area contributed by atoms with Gasteiger partial charge in [-0.05, 0) is 17.2 Å². The summed E-state index contributed by atoms with van der Waals surface area (Å²) < 4.78 is 44.0. The van der Waals surface area contributed by atoms with Crippen LogP contribution in [0.3, 0.4) is 0 Å². The standard InChI is InChI=1S/C12H12F3NO/c13-12(14,15)10-3-1-2-7-8-4-16-5-11(8)17-6-9(7)10/h1-3,8,11,16H,4-6H2/t8-,11-/m1/s1. The van der Waals surface area contributed by atoms with E-state index in [1.54, 1.807) is 6.07 Å². The first-order valence-corrected chi connectivity index (χ1v) is 5.58. The predicted octanol–water partition coefficient (Wildman–Crippen LogP) is 2.29. The molecule has 1 fully saturated rings. The van der Waals surface area contributed by atoms with Crippen LogP contribution in [0.5, 0.6) is 0 Å². The molecule has 2 atom stereocenters. The van der Waals surface area contributed by atoms with E-state index < -0.39 is 11.7 Å². The van der Waals surface area contributed by atoms with Gasteiger partial charge in [-0.3, -0.25) is 0 Å². The van der Waals surface area contributed by atoms with Crippen molar-refractivity contribution < 1.29 is 17.9 Å². The fraction of sp³-hybridized carbons (Fsp3) is 0.500. The number of hydrogen-bond acceptors (Lipinski definition) is 2. The van der Waals surface area contributed by atoms with Gasteiger partial charge in [-0.15, -0.1) is 0 Å². The quantitative estimate of drug-likeness (QED) is 0.754. The molecule has 0 aromatic heterocycles. The Morgan fingerprint density at radius 3 is 2.82 bits per heavy atom. The van der Waals surface area contributed by atoms with Crippen molar-refractivity contribution in [1.29, 1.82) is 0 Å². The number of nitrogens with one attached hydrogen (secondary N) is 1. The molecule has 1 aromatic rings. The number of ether oxygens (including phenoxy) is 1. The van der Waals surface area contributed by atoms with Crippen LogP contribution in [-0.2, 0) is 17.5 Å². The molecule has 17 heavy (non-hydrogen) atoms. The molecule has 0 unspecified atom stereocenters. The van der Waals surface area contributed by atoms with Crippen molar-refractivity contribution >= 4 is 0 Å². The lowest BCUT2D eigenvalue weighted by atomic mass is 9.87. The number of halogens is 3. The van der Waals surface area contributed by atoms with Crippen LogP contribution in [0, 0.1) is 0 Å². The van der Waals surface area contributed by atoms with E-state index in [4.69, 9.17) is 4.74 Å². The number of rotatable bonds is 0. The molecule has 1 aromatic carbocycles. The van der Waals surface area contributed by atoms with Crippen molar-refractivity contribution in [2.24, 2.45) is 0 Å². The summed E-state index contributed by atoms with van der Waals surface area (Å²) in [5.74, 6) is 0.0565. The minimum atomic E-state index is -4.30. The maximum atomic E-state index is 12.8. The zero-order valence-electron chi connectivity index (χ0n) is 9.05. The average molecular weight is 243 g/mol. The molecule has 92 valence electrons. The van der Waals surface area contributed by atoms with Crippen molar-refractivity contribution in [2.75, 3.05) is 13.1 Å². The van der Waals surface area contributed by atoms with E-state index in [1.165, 1.54) is 6.07 Å². The molecule has 2 aliphatic rings. The smallest absolute Gasteiger partial charge is 0.372 e. The molecule has 1 saturated heterocycles. The van der Waals surface area contributed by atoms with Crippen LogP contribution in [0.1, 0.15) is 22.6 Å². The predicted molar refractivity (Wildman–Crippen MR) is 55.6 cm³/mol. The molecule has 1 N–H and O–H groups in total. The van der Waals surface area contributed by atoms with Crippen molar-refractivity contribution in [3.8, 4) is 0 Å². The van der Waals surface area contributed by atoms with Gasteiger partial charge in [-0.25, -0.2) is 0 Å². The van der Waals surface area contributed by atoms with Gasteiger partial charge in [0.05, 0.1) is 18.3 Å². The van der Waals surface area contributed by atoms with Gasteiger partial charge in [0.2, 0.25) is 0 Å². The summed E-state index contributed by atoms with van der Waals surface area (Å²) >= 11 is 0. The second-order valence-corrected chi connectivity index (χ2v) is 4.49. The van der Waals surface area contributed by atoms with Gasteiger partial charge in [0.1, 0.15) is 0 Å². The highest BCUT2D eigenvalue weighted by Crippen LogP contribution is 2.40. The molecule has 0 bridgehead atoms. The van der Waals surface area contributed by atoms with Gasteiger partial charge >= 0.3 is 6.18 Å². The van der Waals surface area contributed by atoms with E-state index in [9.17, 15) is 13.2 Å². The lowest BCUT2D eigenvalue weighted by Gasteiger charge is -2.29. The van der Waals surface area contributed by atoms with E-state index in [2.05, 4.69) is 5.32 Å². The number of fused-ring (bicyclic) bond motifs is 3. The Kier molecular flexibility index (Phi) is 2.41. The lowest BCUT2D eigenvalue weighted by molar-refractivity contribution is -0.139. The molecular formula is C12H12F3NO. The highest BCUT2D eigenvalue weighted by atomic mass is 19.4. The number of alkyl halides is 3. The van der Waals surface area contributed by atoms with Crippen LogP contribution in [0.4, 0.5) is 13.2 Å². The fourth-order valence-corrected chi connectivity index (χ4v) is 2.71. The Bertz CT molecular complexity index is 444. The maximum Gasteiger partial charge on any atom is 0.416 e. The summed E-state index contributed by atoms with van der Waals surface area (Å²) in [6, 6.07) is 4.41. The molecule has 0 radical (unpaired) electrons. The topological polar surface area (TPSA) is 21.3 Å². The first-order valence-electron chi connectivity index (χ1n) is 5.58. The minimum absolute atomic E-state index is 0.0194. The van der Waals surface area contributed by atoms with Crippen LogP contribution >= 0.6 is 0 Å². The second-order valence-electron chi connectivity index (χ2n) is 4.49. The van der Waals surface area contributed by atoms with Gasteiger partial charge in [0.25, 0.3) is 0 Å². The average Bonchev–Trinajstić information content (AvgIpc) is 2.75. The van der Waals surface area contributed by atoms with E-state index in [-0.39, 0.29) is 18.6 Å². The van der Waals surface area contributed by atoms with Crippen LogP contribution in [0.15, 0.2) is 18.2 Å². The largest absolute Gasteiger partial charge is 0.416 e. The molecule has 2 aliphatic heterocycles. The zero-order valence-corrected chi connectivity index (χ0v) is 9.05. The number of benzene rings is 1. The van der Waals surface area contributed by atoms with Crippen LogP contribution < -0.4 is 5.32 Å². The Morgan fingerprint density at radius 1 is 1.24 bits per heavy atom. The highest BCUT2D eigenvalue weighted by molar-refractivity contribution is 5.41. The maximum absolute atomic E-state index is 12.8. The molecule has 2 heterocycles. The SMILES string of the molecule is FC(F)(F)c1cccc2c1CO[C@@H]1CNC[C@H]21. The third-order valence-electron chi connectivity index (χ3n) is 3.52. The summed E-state index contributed by atoms with van der Waals surface area (Å²) in [6.45, 7) is 1.48. The van der Waals surface area contributed by atoms with Crippen LogP contribution in [0.25, 0.3) is 0 Å². The molecule has 5 heteroatoms. The molecule has 0 aliphatic carbocycles. The molecule has 3 rings (SSSR count). The third kappa shape index (κ3) is 1.73. The first-order chi connectivity index (χ1) is 8.07. The summed E-state index contributed by atoms with van der Waals surface area (Å²) in [5, 5.41) is 3.16. The molecule has 0 saturated carbocycles. The van der Waals surface area contributed by atoms with Gasteiger partial charge in [-0.2, -0.15) is 13.2 Å². The monoisotopic (exact) mass is 243 g/mol. The summed E-state index contributed by atoms with van der Waals surface area (Å²) in [5.41, 5.74) is 0.548.